The molecule has 0 aliphatic carbocycles. The first-order valence-electron chi connectivity index (χ1n) is 7.92. The van der Waals surface area contributed by atoms with E-state index >= 15 is 0 Å². The first-order valence-corrected chi connectivity index (χ1v) is 8.71. The van der Waals surface area contributed by atoms with Crippen molar-refractivity contribution in [1.82, 2.24) is 10.4 Å². The minimum Gasteiger partial charge on any atom is -0.488 e. The SMILES string of the molecule is O=C(NN=Cc1ccncc1)c1ccccc1OCc1ccc(Br)cc1. The lowest BCUT2D eigenvalue weighted by molar-refractivity contribution is 0.0950. The van der Waals surface area contributed by atoms with E-state index in [0.29, 0.717) is 17.9 Å². The Bertz CT molecular complexity index is 896. The molecule has 1 amide bonds. The number of nitrogens with one attached hydrogen (secondary N) is 1. The van der Waals surface area contributed by atoms with E-state index in [9.17, 15) is 4.79 Å². The fraction of sp³-hybridized carbons (Fsp3) is 0.0500. The zero-order valence-electron chi connectivity index (χ0n) is 13.8. The third-order valence-electron chi connectivity index (χ3n) is 3.53. The molecule has 0 spiro atoms. The van der Waals surface area contributed by atoms with Gasteiger partial charge in [0.05, 0.1) is 11.8 Å². The van der Waals surface area contributed by atoms with Crippen LogP contribution in [0.3, 0.4) is 0 Å². The van der Waals surface area contributed by atoms with Gasteiger partial charge in [0.25, 0.3) is 5.91 Å². The maximum atomic E-state index is 12.4. The fourth-order valence-electron chi connectivity index (χ4n) is 2.20. The monoisotopic (exact) mass is 409 g/mol. The minimum atomic E-state index is -0.332. The number of hydrogen-bond acceptors (Lipinski definition) is 4. The van der Waals surface area contributed by atoms with Gasteiger partial charge in [-0.1, -0.05) is 40.2 Å². The van der Waals surface area contributed by atoms with Gasteiger partial charge in [-0.25, -0.2) is 5.43 Å². The van der Waals surface area contributed by atoms with Crippen LogP contribution in [0.25, 0.3) is 0 Å². The second-order valence-corrected chi connectivity index (χ2v) is 6.31. The summed E-state index contributed by atoms with van der Waals surface area (Å²) < 4.78 is 6.82. The van der Waals surface area contributed by atoms with Crippen LogP contribution < -0.4 is 10.2 Å². The van der Waals surface area contributed by atoms with Gasteiger partial charge >= 0.3 is 0 Å². The molecule has 0 aliphatic rings. The maximum Gasteiger partial charge on any atom is 0.275 e. The number of benzene rings is 2. The van der Waals surface area contributed by atoms with Crippen LogP contribution in [0.1, 0.15) is 21.5 Å². The van der Waals surface area contributed by atoms with Crippen molar-refractivity contribution in [2.45, 2.75) is 6.61 Å². The first-order chi connectivity index (χ1) is 12.7. The van der Waals surface area contributed by atoms with Crippen molar-refractivity contribution in [3.63, 3.8) is 0 Å². The van der Waals surface area contributed by atoms with Crippen molar-refractivity contribution in [2.75, 3.05) is 0 Å². The zero-order valence-corrected chi connectivity index (χ0v) is 15.4. The van der Waals surface area contributed by atoms with Crippen LogP contribution in [0, 0.1) is 0 Å². The van der Waals surface area contributed by atoms with E-state index < -0.39 is 0 Å². The molecule has 5 nitrogen and oxygen atoms in total. The van der Waals surface area contributed by atoms with E-state index in [-0.39, 0.29) is 5.91 Å². The molecule has 0 fully saturated rings. The van der Waals surface area contributed by atoms with E-state index in [0.717, 1.165) is 15.6 Å². The highest BCUT2D eigenvalue weighted by Crippen LogP contribution is 2.20. The molecule has 0 saturated carbocycles. The Balaban J connectivity index is 1.65. The number of halogens is 1. The molecule has 0 unspecified atom stereocenters. The summed E-state index contributed by atoms with van der Waals surface area (Å²) >= 11 is 3.40. The van der Waals surface area contributed by atoms with Crippen molar-refractivity contribution in [2.24, 2.45) is 5.10 Å². The van der Waals surface area contributed by atoms with Gasteiger partial charge in [-0.15, -0.1) is 0 Å². The first kappa shape index (κ1) is 17.8. The third kappa shape index (κ3) is 5.00. The van der Waals surface area contributed by atoms with Crippen molar-refractivity contribution in [3.05, 3.63) is 94.2 Å². The van der Waals surface area contributed by atoms with Crippen molar-refractivity contribution >= 4 is 28.1 Å². The molecule has 6 heteroatoms. The zero-order chi connectivity index (χ0) is 18.2. The minimum absolute atomic E-state index is 0.332. The Morgan fingerprint density at radius 1 is 1.08 bits per heavy atom. The molecule has 2 aromatic carbocycles. The molecule has 0 aliphatic heterocycles. The second-order valence-electron chi connectivity index (χ2n) is 5.39. The smallest absolute Gasteiger partial charge is 0.275 e. The Morgan fingerprint density at radius 3 is 2.58 bits per heavy atom. The van der Waals surface area contributed by atoms with Crippen LogP contribution in [-0.2, 0) is 6.61 Å². The summed E-state index contributed by atoms with van der Waals surface area (Å²) in [5.74, 6) is 0.175. The topological polar surface area (TPSA) is 63.6 Å². The number of nitrogens with zero attached hydrogens (tertiary/aromatic N) is 2. The normalized spacial score (nSPS) is 10.7. The molecule has 0 atom stereocenters. The summed E-state index contributed by atoms with van der Waals surface area (Å²) in [6.07, 6.45) is 4.88. The van der Waals surface area contributed by atoms with Gasteiger partial charge in [-0.3, -0.25) is 9.78 Å². The largest absolute Gasteiger partial charge is 0.488 e. The molecule has 130 valence electrons. The fourth-order valence-corrected chi connectivity index (χ4v) is 2.46. The lowest BCUT2D eigenvalue weighted by atomic mass is 10.2. The van der Waals surface area contributed by atoms with Gasteiger partial charge < -0.3 is 4.74 Å². The summed E-state index contributed by atoms with van der Waals surface area (Å²) in [6.45, 7) is 0.373. The molecule has 1 heterocycles. The number of para-hydroxylation sites is 1. The van der Waals surface area contributed by atoms with Crippen LogP contribution in [0.4, 0.5) is 0 Å². The van der Waals surface area contributed by atoms with Crippen molar-refractivity contribution in [3.8, 4) is 5.75 Å². The number of ether oxygens (including phenoxy) is 1. The Kier molecular flexibility index (Phi) is 6.11. The van der Waals surface area contributed by atoms with E-state index in [1.54, 1.807) is 48.9 Å². The van der Waals surface area contributed by atoms with Crippen LogP contribution in [-0.4, -0.2) is 17.1 Å². The van der Waals surface area contributed by atoms with Gasteiger partial charge in [0.1, 0.15) is 12.4 Å². The lowest BCUT2D eigenvalue weighted by Crippen LogP contribution is -2.18. The standard InChI is InChI=1S/C20H16BrN3O2/c21-17-7-5-16(6-8-17)14-26-19-4-2-1-3-18(19)20(25)24-23-13-15-9-11-22-12-10-15/h1-13H,14H2,(H,24,25). The molecule has 3 rings (SSSR count). The summed E-state index contributed by atoms with van der Waals surface area (Å²) in [5, 5.41) is 3.97. The molecule has 26 heavy (non-hydrogen) atoms. The van der Waals surface area contributed by atoms with Crippen LogP contribution in [0.2, 0.25) is 0 Å². The van der Waals surface area contributed by atoms with Crippen LogP contribution >= 0.6 is 15.9 Å². The number of carbonyl (C=O) groups is 1. The second kappa shape index (κ2) is 8.92. The molecule has 3 aromatic rings. The van der Waals surface area contributed by atoms with E-state index in [1.165, 1.54) is 0 Å². The summed E-state index contributed by atoms with van der Waals surface area (Å²) in [7, 11) is 0. The van der Waals surface area contributed by atoms with Crippen molar-refractivity contribution in [1.29, 1.82) is 0 Å². The average molecular weight is 410 g/mol. The highest BCUT2D eigenvalue weighted by molar-refractivity contribution is 9.10. The van der Waals surface area contributed by atoms with Crippen LogP contribution in [0.5, 0.6) is 5.75 Å². The van der Waals surface area contributed by atoms with Gasteiger partial charge in [-0.05, 0) is 47.5 Å². The molecule has 0 bridgehead atoms. The number of hydrazone groups is 1. The quantitative estimate of drug-likeness (QED) is 0.490. The van der Waals surface area contributed by atoms with E-state index in [1.807, 2.05) is 30.3 Å². The van der Waals surface area contributed by atoms with Gasteiger partial charge in [0, 0.05) is 16.9 Å². The molecule has 1 N–H and O–H groups in total. The Hall–Kier alpha value is -2.99. The average Bonchev–Trinajstić information content (AvgIpc) is 2.68. The highest BCUT2D eigenvalue weighted by atomic mass is 79.9. The number of pyridine rings is 1. The number of aromatic nitrogens is 1. The number of hydrogen-bond donors (Lipinski definition) is 1. The maximum absolute atomic E-state index is 12.4. The highest BCUT2D eigenvalue weighted by Gasteiger charge is 2.11. The lowest BCUT2D eigenvalue weighted by Gasteiger charge is -2.10. The molecular weight excluding hydrogens is 394 g/mol. The molecule has 1 aromatic heterocycles. The van der Waals surface area contributed by atoms with E-state index in [4.69, 9.17) is 4.74 Å². The molecular formula is C20H16BrN3O2. The predicted octanol–water partition coefficient (Wildman–Crippen LogP) is 4.19. The van der Waals surface area contributed by atoms with Crippen molar-refractivity contribution < 1.29 is 9.53 Å². The van der Waals surface area contributed by atoms with Gasteiger partial charge in [0.15, 0.2) is 0 Å². The number of amides is 1. The predicted molar refractivity (Wildman–Crippen MR) is 104 cm³/mol. The Labute approximate surface area is 159 Å². The van der Waals surface area contributed by atoms with Gasteiger partial charge in [-0.2, -0.15) is 5.10 Å². The summed E-state index contributed by atoms with van der Waals surface area (Å²) in [6, 6.07) is 18.5. The number of carbonyl (C=O) groups excluding carboxylic acids is 1. The van der Waals surface area contributed by atoms with Gasteiger partial charge in [0.2, 0.25) is 0 Å². The summed E-state index contributed by atoms with van der Waals surface area (Å²) in [4.78, 5) is 16.3. The third-order valence-corrected chi connectivity index (χ3v) is 4.05. The number of rotatable bonds is 6. The van der Waals surface area contributed by atoms with Crippen LogP contribution in [0.15, 0.2) is 82.6 Å². The molecule has 0 radical (unpaired) electrons. The Morgan fingerprint density at radius 2 is 1.81 bits per heavy atom. The molecule has 0 saturated heterocycles. The van der Waals surface area contributed by atoms with E-state index in [2.05, 4.69) is 31.4 Å². The summed E-state index contributed by atoms with van der Waals surface area (Å²) in [5.41, 5.74) is 4.81.